The fraction of sp³-hybridized carbons (Fsp3) is 0.118. The summed E-state index contributed by atoms with van der Waals surface area (Å²) >= 11 is 2.52. The smallest absolute Gasteiger partial charge is 0.252 e. The van der Waals surface area contributed by atoms with Gasteiger partial charge in [0.2, 0.25) is 5.91 Å². The maximum absolute atomic E-state index is 13.8. The topological polar surface area (TPSA) is 71.1 Å². The molecule has 3 rings (SSSR count). The van der Waals surface area contributed by atoms with Gasteiger partial charge in [-0.1, -0.05) is 0 Å². The van der Waals surface area contributed by atoms with E-state index in [0.29, 0.717) is 5.56 Å². The fourth-order valence-corrected chi connectivity index (χ4v) is 3.48. The van der Waals surface area contributed by atoms with E-state index in [1.165, 1.54) is 16.7 Å². The van der Waals surface area contributed by atoms with Crippen molar-refractivity contribution in [1.82, 2.24) is 10.3 Å². The van der Waals surface area contributed by atoms with E-state index in [-0.39, 0.29) is 41.2 Å². The normalized spacial score (nSPS) is 10.5. The molecule has 0 spiro atoms. The van der Waals surface area contributed by atoms with Crippen LogP contribution in [-0.2, 0) is 4.79 Å². The zero-order chi connectivity index (χ0) is 18.5. The van der Waals surface area contributed by atoms with Crippen molar-refractivity contribution in [2.24, 2.45) is 0 Å². The summed E-state index contributed by atoms with van der Waals surface area (Å²) < 4.78 is 27.0. The number of thiazole rings is 1. The highest BCUT2D eigenvalue weighted by Gasteiger charge is 2.13. The van der Waals surface area contributed by atoms with Crippen molar-refractivity contribution in [3.63, 3.8) is 0 Å². The summed E-state index contributed by atoms with van der Waals surface area (Å²) in [7, 11) is 0. The highest BCUT2D eigenvalue weighted by molar-refractivity contribution is 7.14. The van der Waals surface area contributed by atoms with Crippen LogP contribution >= 0.6 is 22.7 Å². The van der Waals surface area contributed by atoms with Crippen LogP contribution in [-0.4, -0.2) is 23.3 Å². The SMILES string of the molecule is O=C(CCNC(=O)c1ccsc1)Nc1nc(-c2cc(F)ccc2F)cs1. The standard InChI is InChI=1S/C17H13F2N3O2S2/c18-11-1-2-13(19)12(7-11)14-9-26-17(21-14)22-15(23)3-5-20-16(24)10-4-6-25-8-10/h1-2,4,6-9H,3,5H2,(H,20,24)(H,21,22,23). The minimum absolute atomic E-state index is 0.0322. The van der Waals surface area contributed by atoms with Gasteiger partial charge >= 0.3 is 0 Å². The second-order valence-corrected chi connectivity index (χ2v) is 6.87. The molecule has 0 atom stereocenters. The molecule has 3 aromatic rings. The lowest BCUT2D eigenvalue weighted by atomic mass is 10.1. The Morgan fingerprint density at radius 2 is 2.00 bits per heavy atom. The lowest BCUT2D eigenvalue weighted by molar-refractivity contribution is -0.116. The van der Waals surface area contributed by atoms with Crippen molar-refractivity contribution in [1.29, 1.82) is 0 Å². The molecule has 9 heteroatoms. The molecular weight excluding hydrogens is 380 g/mol. The Morgan fingerprint density at radius 1 is 1.15 bits per heavy atom. The molecule has 0 bridgehead atoms. The van der Waals surface area contributed by atoms with Gasteiger partial charge in [-0.2, -0.15) is 11.3 Å². The number of aromatic nitrogens is 1. The summed E-state index contributed by atoms with van der Waals surface area (Å²) in [5.74, 6) is -1.74. The van der Waals surface area contributed by atoms with E-state index in [1.807, 2.05) is 0 Å². The minimum Gasteiger partial charge on any atom is -0.351 e. The van der Waals surface area contributed by atoms with E-state index in [2.05, 4.69) is 15.6 Å². The molecule has 0 fully saturated rings. The number of nitrogens with one attached hydrogen (secondary N) is 2. The molecular formula is C17H13F2N3O2S2. The monoisotopic (exact) mass is 393 g/mol. The molecule has 0 saturated carbocycles. The van der Waals surface area contributed by atoms with Crippen LogP contribution < -0.4 is 10.6 Å². The van der Waals surface area contributed by atoms with E-state index >= 15 is 0 Å². The predicted molar refractivity (Wildman–Crippen MR) is 97.4 cm³/mol. The number of thiophene rings is 1. The second-order valence-electron chi connectivity index (χ2n) is 5.23. The molecule has 2 amide bonds. The van der Waals surface area contributed by atoms with Crippen LogP contribution in [0.4, 0.5) is 13.9 Å². The van der Waals surface area contributed by atoms with Crippen LogP contribution in [0, 0.1) is 11.6 Å². The summed E-state index contributed by atoms with van der Waals surface area (Å²) in [5, 5.41) is 10.5. The van der Waals surface area contributed by atoms with Crippen molar-refractivity contribution in [2.75, 3.05) is 11.9 Å². The molecule has 0 radical (unpaired) electrons. The summed E-state index contributed by atoms with van der Waals surface area (Å²) in [6.07, 6.45) is 0.0686. The van der Waals surface area contributed by atoms with Crippen LogP contribution in [0.3, 0.4) is 0 Å². The van der Waals surface area contributed by atoms with Gasteiger partial charge in [-0.3, -0.25) is 9.59 Å². The number of carbonyl (C=O) groups is 2. The number of amides is 2. The number of halogens is 2. The van der Waals surface area contributed by atoms with Crippen LogP contribution in [0.25, 0.3) is 11.3 Å². The summed E-state index contributed by atoms with van der Waals surface area (Å²) in [4.78, 5) is 27.8. The van der Waals surface area contributed by atoms with Crippen molar-refractivity contribution in [2.45, 2.75) is 6.42 Å². The van der Waals surface area contributed by atoms with Crippen molar-refractivity contribution < 1.29 is 18.4 Å². The van der Waals surface area contributed by atoms with Crippen molar-refractivity contribution in [3.8, 4) is 11.3 Å². The van der Waals surface area contributed by atoms with E-state index in [9.17, 15) is 18.4 Å². The van der Waals surface area contributed by atoms with Gasteiger partial charge in [0.25, 0.3) is 5.91 Å². The first kappa shape index (κ1) is 18.2. The Hall–Kier alpha value is -2.65. The highest BCUT2D eigenvalue weighted by atomic mass is 32.1. The Balaban J connectivity index is 1.53. The Kier molecular flexibility index (Phi) is 5.69. The summed E-state index contributed by atoms with van der Waals surface area (Å²) in [6, 6.07) is 4.80. The van der Waals surface area contributed by atoms with Gasteiger partial charge in [-0.05, 0) is 29.6 Å². The molecule has 0 aliphatic heterocycles. The summed E-state index contributed by atoms with van der Waals surface area (Å²) in [5.41, 5.74) is 0.829. The Labute approximate surface area is 155 Å². The number of carbonyl (C=O) groups excluding carboxylic acids is 2. The third kappa shape index (κ3) is 4.50. The zero-order valence-electron chi connectivity index (χ0n) is 13.3. The van der Waals surface area contributed by atoms with E-state index < -0.39 is 11.6 Å². The van der Waals surface area contributed by atoms with Crippen LogP contribution in [0.15, 0.2) is 40.4 Å². The second kappa shape index (κ2) is 8.15. The number of hydrogen-bond donors (Lipinski definition) is 2. The third-order valence-electron chi connectivity index (χ3n) is 3.38. The predicted octanol–water partition coefficient (Wildman–Crippen LogP) is 3.91. The molecule has 134 valence electrons. The first-order chi connectivity index (χ1) is 12.5. The zero-order valence-corrected chi connectivity index (χ0v) is 14.9. The van der Waals surface area contributed by atoms with Crippen LogP contribution in [0.5, 0.6) is 0 Å². The van der Waals surface area contributed by atoms with Crippen LogP contribution in [0.1, 0.15) is 16.8 Å². The van der Waals surface area contributed by atoms with E-state index in [1.54, 1.807) is 16.8 Å². The average Bonchev–Trinajstić information content (AvgIpc) is 3.29. The number of rotatable bonds is 6. The maximum atomic E-state index is 13.8. The van der Waals surface area contributed by atoms with Gasteiger partial charge in [0.05, 0.1) is 5.69 Å². The number of benzene rings is 1. The summed E-state index contributed by atoms with van der Waals surface area (Å²) in [6.45, 7) is 0.178. The van der Waals surface area contributed by atoms with Crippen molar-refractivity contribution >= 4 is 39.6 Å². The van der Waals surface area contributed by atoms with Gasteiger partial charge in [0.1, 0.15) is 11.6 Å². The number of hydrogen-bond acceptors (Lipinski definition) is 5. The highest BCUT2D eigenvalue weighted by Crippen LogP contribution is 2.27. The number of nitrogens with zero attached hydrogens (tertiary/aromatic N) is 1. The minimum atomic E-state index is -0.592. The molecule has 5 nitrogen and oxygen atoms in total. The first-order valence-electron chi connectivity index (χ1n) is 7.54. The number of anilines is 1. The molecule has 2 aromatic heterocycles. The van der Waals surface area contributed by atoms with Gasteiger partial charge < -0.3 is 10.6 Å². The average molecular weight is 393 g/mol. The van der Waals surface area contributed by atoms with Gasteiger partial charge in [-0.25, -0.2) is 13.8 Å². The quantitative estimate of drug-likeness (QED) is 0.667. The Bertz CT molecular complexity index is 926. The fourth-order valence-electron chi connectivity index (χ4n) is 2.12. The molecule has 0 unspecified atom stereocenters. The lowest BCUT2D eigenvalue weighted by Gasteiger charge is -2.04. The maximum Gasteiger partial charge on any atom is 0.252 e. The first-order valence-corrected chi connectivity index (χ1v) is 9.36. The molecule has 2 heterocycles. The molecule has 26 heavy (non-hydrogen) atoms. The van der Waals surface area contributed by atoms with Gasteiger partial charge in [0, 0.05) is 34.9 Å². The molecule has 0 aliphatic carbocycles. The Morgan fingerprint density at radius 3 is 2.77 bits per heavy atom. The molecule has 2 N–H and O–H groups in total. The van der Waals surface area contributed by atoms with E-state index in [4.69, 9.17) is 0 Å². The van der Waals surface area contributed by atoms with Gasteiger partial charge in [0.15, 0.2) is 5.13 Å². The van der Waals surface area contributed by atoms with Crippen LogP contribution in [0.2, 0.25) is 0 Å². The molecule has 1 aromatic carbocycles. The lowest BCUT2D eigenvalue weighted by Crippen LogP contribution is -2.27. The molecule has 0 saturated heterocycles. The third-order valence-corrected chi connectivity index (χ3v) is 4.82. The van der Waals surface area contributed by atoms with E-state index in [0.717, 1.165) is 29.5 Å². The molecule has 0 aliphatic rings. The van der Waals surface area contributed by atoms with Crippen molar-refractivity contribution in [3.05, 3.63) is 57.6 Å². The largest absolute Gasteiger partial charge is 0.351 e. The van der Waals surface area contributed by atoms with Gasteiger partial charge in [-0.15, -0.1) is 11.3 Å².